The van der Waals surface area contributed by atoms with Gasteiger partial charge in [-0.05, 0) is 45.0 Å². The number of aromatic amines is 1. The highest BCUT2D eigenvalue weighted by molar-refractivity contribution is 5.99. The number of esters is 1. The molecular formula is C20H23N3O5. The Balaban J connectivity index is 1.94. The molecule has 2 rings (SSSR count). The number of benzene rings is 1. The minimum atomic E-state index is -0.742. The summed E-state index contributed by atoms with van der Waals surface area (Å²) in [6, 6.07) is 7.92. The van der Waals surface area contributed by atoms with Crippen LogP contribution >= 0.6 is 0 Å². The number of H-pyrrole nitrogens is 1. The summed E-state index contributed by atoms with van der Waals surface area (Å²) < 4.78 is 4.94. The van der Waals surface area contributed by atoms with E-state index in [-0.39, 0.29) is 17.4 Å². The van der Waals surface area contributed by atoms with Crippen molar-refractivity contribution in [1.29, 1.82) is 0 Å². The van der Waals surface area contributed by atoms with E-state index in [1.165, 1.54) is 19.2 Å². The van der Waals surface area contributed by atoms with Crippen LogP contribution in [0.15, 0.2) is 36.5 Å². The molecule has 8 nitrogen and oxygen atoms in total. The first-order valence-corrected chi connectivity index (χ1v) is 8.91. The Kier molecular flexibility index (Phi) is 7.08. The lowest BCUT2D eigenvalue weighted by atomic mass is 10.1. The van der Waals surface area contributed by atoms with Crippen LogP contribution in [0, 0.1) is 0 Å². The number of rotatable bonds is 8. The van der Waals surface area contributed by atoms with E-state index in [9.17, 15) is 19.2 Å². The number of Topliss-reactive ketones (excluding diaryl/α,β-unsaturated/α-hetero) is 1. The summed E-state index contributed by atoms with van der Waals surface area (Å²) in [5.41, 5.74) is 1.33. The number of nitrogens with zero attached hydrogens (tertiary/aromatic N) is 1. The molecule has 0 unspecified atom stereocenters. The summed E-state index contributed by atoms with van der Waals surface area (Å²) in [5.74, 6) is -1.60. The fourth-order valence-corrected chi connectivity index (χ4v) is 2.54. The molecule has 1 heterocycles. The zero-order valence-corrected chi connectivity index (χ0v) is 16.1. The van der Waals surface area contributed by atoms with Crippen LogP contribution in [0.1, 0.15) is 52.0 Å². The smallest absolute Gasteiger partial charge is 0.355 e. The topological polar surface area (TPSA) is 109 Å². The van der Waals surface area contributed by atoms with Crippen LogP contribution in [0.5, 0.6) is 0 Å². The van der Waals surface area contributed by atoms with Gasteiger partial charge in [0, 0.05) is 36.1 Å². The quantitative estimate of drug-likeness (QED) is 0.536. The molecule has 0 aliphatic rings. The molecule has 0 aliphatic heterocycles. The van der Waals surface area contributed by atoms with Crippen molar-refractivity contribution >= 4 is 29.3 Å². The van der Waals surface area contributed by atoms with E-state index >= 15 is 0 Å². The van der Waals surface area contributed by atoms with Crippen molar-refractivity contribution in [2.45, 2.75) is 20.8 Å². The average Bonchev–Trinajstić information content (AvgIpc) is 3.18. The summed E-state index contributed by atoms with van der Waals surface area (Å²) in [6.07, 6.45) is 1.40. The van der Waals surface area contributed by atoms with Gasteiger partial charge in [0.2, 0.25) is 0 Å². The van der Waals surface area contributed by atoms with Gasteiger partial charge in [0.15, 0.2) is 12.4 Å². The molecule has 148 valence electrons. The second-order valence-corrected chi connectivity index (χ2v) is 6.04. The number of carbonyl (C=O) groups excluding carboxylic acids is 4. The zero-order valence-electron chi connectivity index (χ0n) is 16.1. The van der Waals surface area contributed by atoms with Gasteiger partial charge in [-0.3, -0.25) is 14.4 Å². The van der Waals surface area contributed by atoms with Gasteiger partial charge in [0.25, 0.3) is 11.8 Å². The monoisotopic (exact) mass is 385 g/mol. The first-order chi connectivity index (χ1) is 13.3. The molecule has 8 heteroatoms. The van der Waals surface area contributed by atoms with Crippen LogP contribution in [0.25, 0.3) is 0 Å². The summed E-state index contributed by atoms with van der Waals surface area (Å²) >= 11 is 0. The van der Waals surface area contributed by atoms with Crippen molar-refractivity contribution in [2.75, 3.05) is 25.0 Å². The molecule has 2 N–H and O–H groups in total. The SMILES string of the molecule is CCN(CC)C(=O)c1cccc(NC(=O)COC(=O)c2cc(C(C)=O)c[nH]2)c1. The number of anilines is 1. The largest absolute Gasteiger partial charge is 0.451 e. The minimum absolute atomic E-state index is 0.0878. The van der Waals surface area contributed by atoms with E-state index in [2.05, 4.69) is 10.3 Å². The second-order valence-electron chi connectivity index (χ2n) is 6.04. The third kappa shape index (κ3) is 5.29. The van der Waals surface area contributed by atoms with Crippen molar-refractivity contribution in [3.8, 4) is 0 Å². The molecule has 28 heavy (non-hydrogen) atoms. The normalized spacial score (nSPS) is 10.2. The molecule has 2 amide bonds. The highest BCUT2D eigenvalue weighted by Crippen LogP contribution is 2.13. The third-order valence-corrected chi connectivity index (χ3v) is 4.09. The van der Waals surface area contributed by atoms with Gasteiger partial charge in [-0.2, -0.15) is 0 Å². The molecule has 0 saturated heterocycles. The molecule has 0 fully saturated rings. The van der Waals surface area contributed by atoms with Gasteiger partial charge in [-0.1, -0.05) is 6.07 Å². The van der Waals surface area contributed by atoms with Crippen molar-refractivity contribution in [1.82, 2.24) is 9.88 Å². The van der Waals surface area contributed by atoms with Crippen LogP contribution in [-0.2, 0) is 9.53 Å². The molecule has 0 saturated carbocycles. The number of aromatic nitrogens is 1. The maximum absolute atomic E-state index is 12.4. The fourth-order valence-electron chi connectivity index (χ4n) is 2.54. The first kappa shape index (κ1) is 20.9. The second kappa shape index (κ2) is 9.50. The van der Waals surface area contributed by atoms with Crippen molar-refractivity contribution in [3.05, 3.63) is 53.3 Å². The molecule has 2 aromatic rings. The maximum Gasteiger partial charge on any atom is 0.355 e. The van der Waals surface area contributed by atoms with Crippen molar-refractivity contribution in [3.63, 3.8) is 0 Å². The van der Waals surface area contributed by atoms with E-state index in [1.807, 2.05) is 13.8 Å². The van der Waals surface area contributed by atoms with Gasteiger partial charge in [0.1, 0.15) is 5.69 Å². The van der Waals surface area contributed by atoms with Gasteiger partial charge in [0.05, 0.1) is 0 Å². The number of carbonyl (C=O) groups is 4. The highest BCUT2D eigenvalue weighted by Gasteiger charge is 2.15. The molecule has 0 bridgehead atoms. The Morgan fingerprint density at radius 3 is 2.39 bits per heavy atom. The molecule has 1 aromatic heterocycles. The van der Waals surface area contributed by atoms with Crippen molar-refractivity contribution in [2.24, 2.45) is 0 Å². The highest BCUT2D eigenvalue weighted by atomic mass is 16.5. The van der Waals surface area contributed by atoms with E-state index in [0.717, 1.165) is 0 Å². The average molecular weight is 385 g/mol. The Hall–Kier alpha value is -3.42. The number of hydrogen-bond acceptors (Lipinski definition) is 5. The van der Waals surface area contributed by atoms with E-state index < -0.39 is 18.5 Å². The molecular weight excluding hydrogens is 362 g/mol. The number of nitrogens with one attached hydrogen (secondary N) is 2. The van der Waals surface area contributed by atoms with Gasteiger partial charge in [-0.25, -0.2) is 4.79 Å². The third-order valence-electron chi connectivity index (χ3n) is 4.09. The predicted molar refractivity (Wildman–Crippen MR) is 103 cm³/mol. The van der Waals surface area contributed by atoms with Crippen molar-refractivity contribution < 1.29 is 23.9 Å². The van der Waals surface area contributed by atoms with Crippen LogP contribution in [0.4, 0.5) is 5.69 Å². The Morgan fingerprint density at radius 1 is 1.07 bits per heavy atom. The summed E-state index contributed by atoms with van der Waals surface area (Å²) in [5, 5.41) is 2.59. The molecule has 0 radical (unpaired) electrons. The lowest BCUT2D eigenvalue weighted by Crippen LogP contribution is -2.30. The summed E-state index contributed by atoms with van der Waals surface area (Å²) in [4.78, 5) is 51.9. The standard InChI is InChI=1S/C20H23N3O5/c1-4-23(5-2)19(26)14-7-6-8-16(9-14)22-18(25)12-28-20(27)17-10-15(11-21-17)13(3)24/h6-11,21H,4-5,12H2,1-3H3,(H,22,25). The molecule has 0 atom stereocenters. The Labute approximate surface area is 162 Å². The summed E-state index contributed by atoms with van der Waals surface area (Å²) in [7, 11) is 0. The summed E-state index contributed by atoms with van der Waals surface area (Å²) in [6.45, 7) is 5.85. The van der Waals surface area contributed by atoms with Gasteiger partial charge in [-0.15, -0.1) is 0 Å². The Bertz CT molecular complexity index is 883. The van der Waals surface area contributed by atoms with Crippen LogP contribution < -0.4 is 5.32 Å². The maximum atomic E-state index is 12.4. The van der Waals surface area contributed by atoms with E-state index in [4.69, 9.17) is 4.74 Å². The van der Waals surface area contributed by atoms with E-state index in [1.54, 1.807) is 29.2 Å². The Morgan fingerprint density at radius 2 is 1.79 bits per heavy atom. The number of ketones is 1. The molecule has 1 aromatic carbocycles. The lowest BCUT2D eigenvalue weighted by Gasteiger charge is -2.19. The number of hydrogen-bond donors (Lipinski definition) is 2. The zero-order chi connectivity index (χ0) is 20.7. The molecule has 0 spiro atoms. The van der Waals surface area contributed by atoms with Gasteiger partial charge >= 0.3 is 5.97 Å². The molecule has 0 aliphatic carbocycles. The number of amides is 2. The number of ether oxygens (including phenoxy) is 1. The van der Waals surface area contributed by atoms with Crippen LogP contribution in [0.3, 0.4) is 0 Å². The van der Waals surface area contributed by atoms with E-state index in [0.29, 0.717) is 29.9 Å². The minimum Gasteiger partial charge on any atom is -0.451 e. The lowest BCUT2D eigenvalue weighted by molar-refractivity contribution is -0.119. The first-order valence-electron chi connectivity index (χ1n) is 8.91. The predicted octanol–water partition coefficient (Wildman–Crippen LogP) is 2.49. The van der Waals surface area contributed by atoms with Crippen LogP contribution in [-0.4, -0.2) is 53.1 Å². The van der Waals surface area contributed by atoms with Gasteiger partial charge < -0.3 is 19.9 Å². The fraction of sp³-hybridized carbons (Fsp3) is 0.300. The van der Waals surface area contributed by atoms with Crippen LogP contribution in [0.2, 0.25) is 0 Å².